The predicted molar refractivity (Wildman–Crippen MR) is 109 cm³/mol. The summed E-state index contributed by atoms with van der Waals surface area (Å²) in [7, 11) is -2.01. The number of rotatable bonds is 6. The van der Waals surface area contributed by atoms with Crippen molar-refractivity contribution in [2.75, 3.05) is 25.1 Å². The first-order valence-electron chi connectivity index (χ1n) is 9.36. The highest BCUT2D eigenvalue weighted by Crippen LogP contribution is 2.30. The number of methoxy groups -OCH3 is 1. The molecule has 0 aromatic heterocycles. The second kappa shape index (κ2) is 8.32. The van der Waals surface area contributed by atoms with Crippen molar-refractivity contribution in [3.05, 3.63) is 53.1 Å². The number of sulfonamides is 1. The van der Waals surface area contributed by atoms with Crippen molar-refractivity contribution in [1.82, 2.24) is 4.72 Å². The molecule has 0 fully saturated rings. The minimum absolute atomic E-state index is 0.0656. The molecule has 7 heteroatoms. The molecule has 28 heavy (non-hydrogen) atoms. The van der Waals surface area contributed by atoms with Gasteiger partial charge < -0.3 is 9.64 Å². The van der Waals surface area contributed by atoms with Gasteiger partial charge in [-0.1, -0.05) is 6.07 Å². The van der Waals surface area contributed by atoms with E-state index in [2.05, 4.69) is 4.72 Å². The van der Waals surface area contributed by atoms with Gasteiger partial charge in [-0.2, -0.15) is 0 Å². The van der Waals surface area contributed by atoms with E-state index in [1.807, 2.05) is 32.0 Å². The Hall–Kier alpha value is -2.38. The molecule has 0 saturated heterocycles. The highest BCUT2D eigenvalue weighted by molar-refractivity contribution is 7.89. The van der Waals surface area contributed by atoms with Crippen molar-refractivity contribution in [1.29, 1.82) is 0 Å². The van der Waals surface area contributed by atoms with Crippen LogP contribution in [0.5, 0.6) is 5.75 Å². The third kappa shape index (κ3) is 4.36. The van der Waals surface area contributed by atoms with Crippen molar-refractivity contribution in [2.45, 2.75) is 38.0 Å². The van der Waals surface area contributed by atoms with E-state index in [-0.39, 0.29) is 23.8 Å². The van der Waals surface area contributed by atoms with Crippen LogP contribution >= 0.6 is 0 Å². The molecule has 1 amide bonds. The molecule has 1 aliphatic heterocycles. The molecule has 1 heterocycles. The lowest BCUT2D eigenvalue weighted by Gasteiger charge is -2.30. The minimum atomic E-state index is -3.63. The molecule has 0 saturated carbocycles. The van der Waals surface area contributed by atoms with E-state index in [1.54, 1.807) is 30.2 Å². The number of hydrogen-bond donors (Lipinski definition) is 1. The summed E-state index contributed by atoms with van der Waals surface area (Å²) in [6.07, 6.45) is 1.88. The number of anilines is 1. The van der Waals surface area contributed by atoms with Crippen molar-refractivity contribution in [3.63, 3.8) is 0 Å². The maximum atomic E-state index is 12.7. The van der Waals surface area contributed by atoms with E-state index in [0.29, 0.717) is 6.54 Å². The molecular weight excluding hydrogens is 376 g/mol. The van der Waals surface area contributed by atoms with Crippen LogP contribution in [0.25, 0.3) is 0 Å². The lowest BCUT2D eigenvalue weighted by Crippen LogP contribution is -2.37. The van der Waals surface area contributed by atoms with Gasteiger partial charge in [0.15, 0.2) is 0 Å². The fourth-order valence-corrected chi connectivity index (χ4v) is 4.47. The highest BCUT2D eigenvalue weighted by atomic mass is 32.2. The number of aryl methyl sites for hydroxylation is 3. The summed E-state index contributed by atoms with van der Waals surface area (Å²) >= 11 is 0. The molecule has 0 spiro atoms. The molecule has 150 valence electrons. The summed E-state index contributed by atoms with van der Waals surface area (Å²) in [5.41, 5.74) is 3.91. The third-order valence-electron chi connectivity index (χ3n) is 5.13. The Balaban J connectivity index is 1.64. The van der Waals surface area contributed by atoms with Crippen LogP contribution in [-0.4, -0.2) is 34.5 Å². The Morgan fingerprint density at radius 3 is 2.64 bits per heavy atom. The van der Waals surface area contributed by atoms with Crippen molar-refractivity contribution in [3.8, 4) is 5.75 Å². The molecule has 0 atom stereocenters. The van der Waals surface area contributed by atoms with E-state index in [4.69, 9.17) is 4.74 Å². The molecule has 0 aliphatic carbocycles. The molecule has 0 radical (unpaired) electrons. The molecule has 3 rings (SSSR count). The number of nitrogens with zero attached hydrogens (tertiary/aromatic N) is 1. The van der Waals surface area contributed by atoms with Gasteiger partial charge in [-0.3, -0.25) is 4.79 Å². The number of hydrogen-bond acceptors (Lipinski definition) is 4. The van der Waals surface area contributed by atoms with E-state index < -0.39 is 10.0 Å². The van der Waals surface area contributed by atoms with Gasteiger partial charge in [0.25, 0.3) is 0 Å². The maximum Gasteiger partial charge on any atom is 0.240 e. The Labute approximate surface area is 166 Å². The second-order valence-corrected chi connectivity index (χ2v) is 8.80. The molecule has 1 N–H and O–H groups in total. The maximum absolute atomic E-state index is 12.7. The lowest BCUT2D eigenvalue weighted by molar-refractivity contribution is -0.118. The minimum Gasteiger partial charge on any atom is -0.497 e. The molecule has 0 unspecified atom stereocenters. The zero-order valence-electron chi connectivity index (χ0n) is 16.5. The molecular formula is C21H26N2O4S. The molecule has 0 bridgehead atoms. The molecule has 2 aromatic rings. The lowest BCUT2D eigenvalue weighted by atomic mass is 10.0. The monoisotopic (exact) mass is 402 g/mol. The summed E-state index contributed by atoms with van der Waals surface area (Å²) < 4.78 is 32.7. The average Bonchev–Trinajstić information content (AvgIpc) is 2.68. The van der Waals surface area contributed by atoms with Gasteiger partial charge in [0.1, 0.15) is 5.75 Å². The highest BCUT2D eigenvalue weighted by Gasteiger charge is 2.23. The number of nitrogens with one attached hydrogen (secondary N) is 1. The van der Waals surface area contributed by atoms with Gasteiger partial charge in [-0.05, 0) is 73.7 Å². The van der Waals surface area contributed by atoms with E-state index in [1.165, 1.54) is 0 Å². The van der Waals surface area contributed by atoms with Crippen LogP contribution in [0.2, 0.25) is 0 Å². The average molecular weight is 403 g/mol. The summed E-state index contributed by atoms with van der Waals surface area (Å²) in [5, 5.41) is 0. The first-order chi connectivity index (χ1) is 13.3. The Morgan fingerprint density at radius 1 is 1.14 bits per heavy atom. The normalized spacial score (nSPS) is 13.9. The van der Waals surface area contributed by atoms with Crippen LogP contribution in [0.3, 0.4) is 0 Å². The molecule has 1 aliphatic rings. The summed E-state index contributed by atoms with van der Waals surface area (Å²) in [5.74, 6) is 0.683. The van der Waals surface area contributed by atoms with Gasteiger partial charge in [0.05, 0.1) is 12.0 Å². The van der Waals surface area contributed by atoms with Crippen LogP contribution in [0.4, 0.5) is 5.69 Å². The van der Waals surface area contributed by atoms with Crippen LogP contribution < -0.4 is 14.4 Å². The second-order valence-electron chi connectivity index (χ2n) is 7.04. The summed E-state index contributed by atoms with van der Waals surface area (Å²) in [6.45, 7) is 4.52. The third-order valence-corrected chi connectivity index (χ3v) is 6.58. The molecule has 2 aromatic carbocycles. The van der Waals surface area contributed by atoms with Crippen molar-refractivity contribution < 1.29 is 17.9 Å². The van der Waals surface area contributed by atoms with Crippen LogP contribution in [-0.2, 0) is 21.2 Å². The van der Waals surface area contributed by atoms with Gasteiger partial charge in [-0.25, -0.2) is 13.1 Å². The Bertz CT molecular complexity index is 986. The quantitative estimate of drug-likeness (QED) is 0.806. The largest absolute Gasteiger partial charge is 0.497 e. The number of amides is 1. The van der Waals surface area contributed by atoms with Crippen LogP contribution in [0, 0.1) is 13.8 Å². The molecule has 6 nitrogen and oxygen atoms in total. The number of benzene rings is 2. The Kier molecular flexibility index (Phi) is 6.05. The summed E-state index contributed by atoms with van der Waals surface area (Å²) in [4.78, 5) is 14.7. The number of carbonyl (C=O) groups excluding carboxylic acids is 1. The number of ether oxygens (including phenoxy) is 1. The first kappa shape index (κ1) is 20.4. The topological polar surface area (TPSA) is 75.7 Å². The Morgan fingerprint density at radius 2 is 1.93 bits per heavy atom. The van der Waals surface area contributed by atoms with Gasteiger partial charge in [0, 0.05) is 25.2 Å². The fourth-order valence-electron chi connectivity index (χ4n) is 3.35. The predicted octanol–water partition coefficient (Wildman–Crippen LogP) is 2.96. The fraction of sp³-hybridized carbons (Fsp3) is 0.381. The standard InChI is InChI=1S/C21H26N2O4S/c1-15-6-8-19(13-16(15)2)28(25,26)22-11-10-21(24)23-12-4-5-17-14-18(27-3)7-9-20(17)23/h6-9,13-14,22H,4-5,10-12H2,1-3H3. The van der Waals surface area contributed by atoms with Crippen molar-refractivity contribution in [2.24, 2.45) is 0 Å². The van der Waals surface area contributed by atoms with Crippen molar-refractivity contribution >= 4 is 21.6 Å². The zero-order valence-corrected chi connectivity index (χ0v) is 17.3. The van der Waals surface area contributed by atoms with Gasteiger partial charge in [0.2, 0.25) is 15.9 Å². The first-order valence-corrected chi connectivity index (χ1v) is 10.8. The smallest absolute Gasteiger partial charge is 0.240 e. The van der Waals surface area contributed by atoms with Gasteiger partial charge >= 0.3 is 0 Å². The van der Waals surface area contributed by atoms with Gasteiger partial charge in [-0.15, -0.1) is 0 Å². The van der Waals surface area contributed by atoms with E-state index in [0.717, 1.165) is 41.0 Å². The van der Waals surface area contributed by atoms with Crippen LogP contribution in [0.1, 0.15) is 29.5 Å². The number of carbonyl (C=O) groups is 1. The zero-order chi connectivity index (χ0) is 20.3. The number of fused-ring (bicyclic) bond motifs is 1. The SMILES string of the molecule is COc1ccc2c(c1)CCCN2C(=O)CCNS(=O)(=O)c1ccc(C)c(C)c1. The van der Waals surface area contributed by atoms with E-state index >= 15 is 0 Å². The van der Waals surface area contributed by atoms with E-state index in [9.17, 15) is 13.2 Å². The van der Waals surface area contributed by atoms with Crippen LogP contribution in [0.15, 0.2) is 41.3 Å². The summed E-state index contributed by atoms with van der Waals surface area (Å²) in [6, 6.07) is 10.7.